The Balaban J connectivity index is 1.62. The van der Waals surface area contributed by atoms with E-state index >= 15 is 0 Å². The van der Waals surface area contributed by atoms with E-state index in [2.05, 4.69) is 15.5 Å². The predicted molar refractivity (Wildman–Crippen MR) is 100 cm³/mol. The van der Waals surface area contributed by atoms with Crippen molar-refractivity contribution in [1.29, 1.82) is 0 Å². The van der Waals surface area contributed by atoms with E-state index in [0.717, 1.165) is 4.90 Å². The summed E-state index contributed by atoms with van der Waals surface area (Å²) in [4.78, 5) is 38.5. The molecule has 1 aromatic heterocycles. The van der Waals surface area contributed by atoms with Gasteiger partial charge in [-0.2, -0.15) is 5.10 Å². The fourth-order valence-electron chi connectivity index (χ4n) is 2.94. The molecule has 3 aromatic rings. The van der Waals surface area contributed by atoms with Crippen LogP contribution in [0.25, 0.3) is 0 Å². The highest BCUT2D eigenvalue weighted by Gasteiger charge is 2.37. The number of nitrogens with zero attached hydrogens (tertiary/aromatic N) is 2. The van der Waals surface area contributed by atoms with Crippen LogP contribution in [0.3, 0.4) is 0 Å². The summed E-state index contributed by atoms with van der Waals surface area (Å²) in [5.41, 5.74) is 2.42. The lowest BCUT2D eigenvalue weighted by atomic mass is 10.1. The third kappa shape index (κ3) is 2.78. The van der Waals surface area contributed by atoms with Crippen molar-refractivity contribution in [2.45, 2.75) is 6.92 Å². The highest BCUT2D eigenvalue weighted by atomic mass is 35.5. The molecular formula is C19H13ClN4O3. The van der Waals surface area contributed by atoms with Crippen LogP contribution in [0, 0.1) is 6.92 Å². The van der Waals surface area contributed by atoms with E-state index in [4.69, 9.17) is 11.6 Å². The minimum Gasteiger partial charge on any atom is -0.321 e. The van der Waals surface area contributed by atoms with E-state index in [0.29, 0.717) is 28.1 Å². The number of carbonyl (C=O) groups excluding carboxylic acids is 3. The molecule has 0 bridgehead atoms. The first kappa shape index (κ1) is 17.0. The lowest BCUT2D eigenvalue weighted by Crippen LogP contribution is -2.29. The van der Waals surface area contributed by atoms with Gasteiger partial charge in [-0.1, -0.05) is 23.7 Å². The SMILES string of the molecule is Cc1cn[nH]c1C(=O)Nc1ccc(N2C(=O)c3ccccc3C2=O)c(Cl)c1. The number of amides is 3. The van der Waals surface area contributed by atoms with Gasteiger partial charge in [0.15, 0.2) is 0 Å². The van der Waals surface area contributed by atoms with Gasteiger partial charge in [0, 0.05) is 5.69 Å². The molecule has 1 aliphatic heterocycles. The van der Waals surface area contributed by atoms with Crippen molar-refractivity contribution in [1.82, 2.24) is 10.2 Å². The number of aromatic nitrogens is 2. The Morgan fingerprint density at radius 3 is 2.33 bits per heavy atom. The molecule has 7 nitrogen and oxygen atoms in total. The van der Waals surface area contributed by atoms with Crippen molar-refractivity contribution < 1.29 is 14.4 Å². The quantitative estimate of drug-likeness (QED) is 0.680. The Labute approximate surface area is 158 Å². The Bertz CT molecular complexity index is 1070. The van der Waals surface area contributed by atoms with Crippen molar-refractivity contribution in [3.8, 4) is 0 Å². The number of aryl methyl sites for hydroxylation is 1. The molecule has 0 saturated heterocycles. The molecule has 27 heavy (non-hydrogen) atoms. The molecule has 2 N–H and O–H groups in total. The van der Waals surface area contributed by atoms with Crippen molar-refractivity contribution in [3.05, 3.63) is 76.1 Å². The van der Waals surface area contributed by atoms with Crippen LogP contribution in [-0.2, 0) is 0 Å². The van der Waals surface area contributed by atoms with Gasteiger partial charge in [-0.05, 0) is 42.8 Å². The van der Waals surface area contributed by atoms with Crippen LogP contribution >= 0.6 is 11.6 Å². The van der Waals surface area contributed by atoms with Crippen LogP contribution in [0.4, 0.5) is 11.4 Å². The molecule has 8 heteroatoms. The van der Waals surface area contributed by atoms with Gasteiger partial charge in [0.1, 0.15) is 5.69 Å². The second kappa shape index (κ2) is 6.37. The van der Waals surface area contributed by atoms with Crippen molar-refractivity contribution >= 4 is 40.7 Å². The Morgan fingerprint density at radius 1 is 1.11 bits per heavy atom. The predicted octanol–water partition coefficient (Wildman–Crippen LogP) is 3.42. The Kier molecular flexibility index (Phi) is 4.01. The number of anilines is 2. The maximum atomic E-state index is 12.6. The maximum absolute atomic E-state index is 12.6. The summed E-state index contributed by atoms with van der Waals surface area (Å²) >= 11 is 6.30. The van der Waals surface area contributed by atoms with Gasteiger partial charge >= 0.3 is 0 Å². The molecule has 0 spiro atoms. The summed E-state index contributed by atoms with van der Waals surface area (Å²) in [7, 11) is 0. The van der Waals surface area contributed by atoms with Crippen LogP contribution in [0.5, 0.6) is 0 Å². The number of rotatable bonds is 3. The molecule has 4 rings (SSSR count). The van der Waals surface area contributed by atoms with E-state index in [1.54, 1.807) is 43.5 Å². The fourth-order valence-corrected chi connectivity index (χ4v) is 3.21. The van der Waals surface area contributed by atoms with Gasteiger partial charge in [-0.3, -0.25) is 19.5 Å². The van der Waals surface area contributed by atoms with Gasteiger partial charge < -0.3 is 5.32 Å². The Morgan fingerprint density at radius 2 is 1.78 bits per heavy atom. The molecule has 134 valence electrons. The van der Waals surface area contributed by atoms with Crippen LogP contribution in [0.15, 0.2) is 48.7 Å². The smallest absolute Gasteiger partial charge is 0.273 e. The number of H-pyrrole nitrogens is 1. The molecule has 0 saturated carbocycles. The first-order valence-electron chi connectivity index (χ1n) is 8.06. The second-order valence-corrected chi connectivity index (χ2v) is 6.45. The molecule has 0 radical (unpaired) electrons. The number of halogens is 1. The van der Waals surface area contributed by atoms with Gasteiger partial charge in [-0.25, -0.2) is 4.90 Å². The highest BCUT2D eigenvalue weighted by Crippen LogP contribution is 2.34. The summed E-state index contributed by atoms with van der Waals surface area (Å²) < 4.78 is 0. The topological polar surface area (TPSA) is 95.2 Å². The first-order valence-corrected chi connectivity index (χ1v) is 8.44. The van der Waals surface area contributed by atoms with E-state index in [9.17, 15) is 14.4 Å². The largest absolute Gasteiger partial charge is 0.321 e. The Hall–Kier alpha value is -3.45. The summed E-state index contributed by atoms with van der Waals surface area (Å²) in [5, 5.41) is 9.31. The minimum absolute atomic E-state index is 0.170. The van der Waals surface area contributed by atoms with Crippen molar-refractivity contribution in [3.63, 3.8) is 0 Å². The van der Waals surface area contributed by atoms with Crippen molar-refractivity contribution in [2.24, 2.45) is 0 Å². The van der Waals surface area contributed by atoms with Crippen LogP contribution in [0.1, 0.15) is 36.8 Å². The first-order chi connectivity index (χ1) is 13.0. The zero-order valence-corrected chi connectivity index (χ0v) is 14.9. The van der Waals surface area contributed by atoms with E-state index in [1.165, 1.54) is 12.1 Å². The lowest BCUT2D eigenvalue weighted by Gasteiger charge is -2.16. The lowest BCUT2D eigenvalue weighted by molar-refractivity contribution is 0.0924. The summed E-state index contributed by atoms with van der Waals surface area (Å²) in [6.45, 7) is 1.76. The normalized spacial score (nSPS) is 13.0. The van der Waals surface area contributed by atoms with Gasteiger partial charge in [0.25, 0.3) is 17.7 Å². The maximum Gasteiger partial charge on any atom is 0.273 e. The number of hydrogen-bond donors (Lipinski definition) is 2. The highest BCUT2D eigenvalue weighted by molar-refractivity contribution is 6.40. The number of aromatic amines is 1. The molecule has 2 heterocycles. The van der Waals surface area contributed by atoms with E-state index in [1.807, 2.05) is 0 Å². The zero-order valence-electron chi connectivity index (χ0n) is 14.1. The molecule has 0 aliphatic carbocycles. The fraction of sp³-hybridized carbons (Fsp3) is 0.0526. The summed E-state index contributed by atoms with van der Waals surface area (Å²) in [6.07, 6.45) is 1.55. The number of fused-ring (bicyclic) bond motifs is 1. The molecule has 0 atom stereocenters. The number of hydrogen-bond acceptors (Lipinski definition) is 4. The summed E-state index contributed by atoms with van der Waals surface area (Å²) in [5.74, 6) is -1.22. The second-order valence-electron chi connectivity index (χ2n) is 6.04. The minimum atomic E-state index is -0.428. The van der Waals surface area contributed by atoms with Crippen molar-refractivity contribution in [2.75, 3.05) is 10.2 Å². The molecule has 2 aromatic carbocycles. The average Bonchev–Trinajstić information content (AvgIpc) is 3.18. The van der Waals surface area contributed by atoms with E-state index < -0.39 is 11.8 Å². The van der Waals surface area contributed by atoms with Gasteiger partial charge in [0.05, 0.1) is 28.0 Å². The molecule has 0 unspecified atom stereocenters. The molecular weight excluding hydrogens is 368 g/mol. The number of carbonyl (C=O) groups is 3. The average molecular weight is 381 g/mol. The standard InChI is InChI=1S/C19H13ClN4O3/c1-10-9-21-23-16(10)17(25)22-11-6-7-15(14(20)8-11)24-18(26)12-4-2-3-5-13(12)19(24)27/h2-9H,1H3,(H,21,23)(H,22,25). The third-order valence-electron chi connectivity index (χ3n) is 4.30. The number of benzene rings is 2. The van der Waals surface area contributed by atoms with Crippen LogP contribution in [-0.4, -0.2) is 27.9 Å². The van der Waals surface area contributed by atoms with Gasteiger partial charge in [0.2, 0.25) is 0 Å². The summed E-state index contributed by atoms with van der Waals surface area (Å²) in [6, 6.07) is 11.2. The zero-order chi connectivity index (χ0) is 19.1. The number of imide groups is 1. The van der Waals surface area contributed by atoms with E-state index in [-0.39, 0.29) is 16.6 Å². The third-order valence-corrected chi connectivity index (χ3v) is 4.60. The molecule has 0 fully saturated rings. The van der Waals surface area contributed by atoms with Gasteiger partial charge in [-0.15, -0.1) is 0 Å². The monoisotopic (exact) mass is 380 g/mol. The van der Waals surface area contributed by atoms with Crippen LogP contribution < -0.4 is 10.2 Å². The molecule has 3 amide bonds. The molecule has 1 aliphatic rings. The number of nitrogens with one attached hydrogen (secondary N) is 2. The van der Waals surface area contributed by atoms with Crippen LogP contribution in [0.2, 0.25) is 5.02 Å².